The Balaban J connectivity index is 1.81. The maximum Gasteiger partial charge on any atom is 0.160 e. The molecule has 0 unspecified atom stereocenters. The van der Waals surface area contributed by atoms with Gasteiger partial charge in [-0.05, 0) is 49.9 Å². The zero-order valence-electron chi connectivity index (χ0n) is 19.3. The molecule has 0 saturated heterocycles. The van der Waals surface area contributed by atoms with Crippen molar-refractivity contribution in [3.63, 3.8) is 0 Å². The number of phenolic OH excluding ortho intramolecular Hbond substituents is 1. The molecule has 6 nitrogen and oxygen atoms in total. The number of benzene rings is 1. The summed E-state index contributed by atoms with van der Waals surface area (Å²) in [5.74, 6) is 0.799. The molecule has 1 aromatic carbocycles. The van der Waals surface area contributed by atoms with Gasteiger partial charge in [0.1, 0.15) is 5.75 Å². The number of aryl methyl sites for hydroxylation is 3. The second kappa shape index (κ2) is 8.17. The van der Waals surface area contributed by atoms with Gasteiger partial charge in [0.15, 0.2) is 5.65 Å². The number of aromatic nitrogens is 4. The normalized spacial score (nSPS) is 11.7. The molecule has 162 valence electrons. The van der Waals surface area contributed by atoms with E-state index in [4.69, 9.17) is 9.97 Å². The maximum atomic E-state index is 10.8. The minimum absolute atomic E-state index is 0.220. The lowest BCUT2D eigenvalue weighted by atomic mass is 10.0. The molecule has 3 aromatic heterocycles. The van der Waals surface area contributed by atoms with E-state index in [1.807, 2.05) is 38.5 Å². The van der Waals surface area contributed by atoms with Gasteiger partial charge in [-0.25, -0.2) is 9.97 Å². The van der Waals surface area contributed by atoms with Gasteiger partial charge in [0.25, 0.3) is 0 Å². The van der Waals surface area contributed by atoms with E-state index in [9.17, 15) is 5.11 Å². The first-order chi connectivity index (χ1) is 14.8. The van der Waals surface area contributed by atoms with Gasteiger partial charge in [0, 0.05) is 48.2 Å². The second-order valence-corrected chi connectivity index (χ2v) is 8.81. The molecule has 0 aliphatic rings. The Morgan fingerprint density at radius 2 is 1.94 bits per heavy atom. The van der Waals surface area contributed by atoms with Crippen LogP contribution < -0.4 is 4.90 Å². The highest BCUT2D eigenvalue weighted by molar-refractivity contribution is 5.92. The van der Waals surface area contributed by atoms with Crippen molar-refractivity contribution in [3.05, 3.63) is 41.7 Å². The molecule has 0 amide bonds. The number of nitrogens with zero attached hydrogens (tertiary/aromatic N) is 5. The topological polar surface area (TPSA) is 67.1 Å². The molecular weight excluding hydrogens is 386 g/mol. The van der Waals surface area contributed by atoms with Crippen molar-refractivity contribution in [2.45, 2.75) is 41.0 Å². The summed E-state index contributed by atoms with van der Waals surface area (Å²) >= 11 is 0. The number of rotatable bonds is 6. The summed E-state index contributed by atoms with van der Waals surface area (Å²) in [7, 11) is 1.88. The summed E-state index contributed by atoms with van der Waals surface area (Å²) in [5, 5.41) is 17.3. The van der Waals surface area contributed by atoms with Crippen molar-refractivity contribution in [1.29, 1.82) is 0 Å². The van der Waals surface area contributed by atoms with E-state index < -0.39 is 0 Å². The van der Waals surface area contributed by atoms with Gasteiger partial charge in [-0.3, -0.25) is 4.68 Å². The largest absolute Gasteiger partial charge is 0.507 e. The van der Waals surface area contributed by atoms with Crippen molar-refractivity contribution in [2.75, 3.05) is 18.0 Å². The number of hydrogen-bond donors (Lipinski definition) is 1. The first-order valence-corrected chi connectivity index (χ1v) is 11.0. The SMILES string of the molecule is CCCN(CC(C)C)c1cnc2nc(-c3cc4cn(C)nc4c(C)c3O)ccc2c1C. The number of aromatic hydroxyl groups is 1. The van der Waals surface area contributed by atoms with E-state index in [2.05, 4.69) is 43.8 Å². The molecule has 0 aliphatic carbocycles. The van der Waals surface area contributed by atoms with Crippen molar-refractivity contribution in [3.8, 4) is 17.0 Å². The highest BCUT2D eigenvalue weighted by Crippen LogP contribution is 2.37. The summed E-state index contributed by atoms with van der Waals surface area (Å²) in [6, 6.07) is 6.00. The maximum absolute atomic E-state index is 10.8. The average molecular weight is 418 g/mol. The molecule has 0 fully saturated rings. The zero-order chi connectivity index (χ0) is 22.3. The van der Waals surface area contributed by atoms with Crippen LogP contribution >= 0.6 is 0 Å². The van der Waals surface area contributed by atoms with Gasteiger partial charge < -0.3 is 10.0 Å². The first-order valence-electron chi connectivity index (χ1n) is 11.0. The Labute approximate surface area is 183 Å². The van der Waals surface area contributed by atoms with Gasteiger partial charge >= 0.3 is 0 Å². The van der Waals surface area contributed by atoms with E-state index in [-0.39, 0.29) is 5.75 Å². The van der Waals surface area contributed by atoms with Crippen LogP contribution in [0.4, 0.5) is 5.69 Å². The molecule has 0 spiro atoms. The third kappa shape index (κ3) is 3.82. The van der Waals surface area contributed by atoms with Crippen LogP contribution in [0, 0.1) is 19.8 Å². The molecule has 0 saturated carbocycles. The predicted molar refractivity (Wildman–Crippen MR) is 128 cm³/mol. The van der Waals surface area contributed by atoms with Crippen LogP contribution in [0.5, 0.6) is 5.75 Å². The Bertz CT molecular complexity index is 1260. The number of phenols is 1. The van der Waals surface area contributed by atoms with Crippen molar-refractivity contribution < 1.29 is 5.11 Å². The van der Waals surface area contributed by atoms with Crippen LogP contribution in [0.3, 0.4) is 0 Å². The quantitative estimate of drug-likeness (QED) is 0.456. The molecule has 31 heavy (non-hydrogen) atoms. The van der Waals surface area contributed by atoms with E-state index in [0.717, 1.165) is 41.4 Å². The van der Waals surface area contributed by atoms with Crippen molar-refractivity contribution in [1.82, 2.24) is 19.7 Å². The van der Waals surface area contributed by atoms with Crippen LogP contribution in [0.2, 0.25) is 0 Å². The summed E-state index contributed by atoms with van der Waals surface area (Å²) < 4.78 is 1.76. The van der Waals surface area contributed by atoms with Gasteiger partial charge in [0.2, 0.25) is 0 Å². The summed E-state index contributed by atoms with van der Waals surface area (Å²) in [6.45, 7) is 12.7. The molecule has 3 heterocycles. The number of anilines is 1. The highest BCUT2D eigenvalue weighted by atomic mass is 16.3. The van der Waals surface area contributed by atoms with Crippen LogP contribution in [-0.4, -0.2) is 37.9 Å². The van der Waals surface area contributed by atoms with E-state index in [1.54, 1.807) is 4.68 Å². The van der Waals surface area contributed by atoms with E-state index >= 15 is 0 Å². The van der Waals surface area contributed by atoms with Crippen LogP contribution in [0.1, 0.15) is 38.3 Å². The van der Waals surface area contributed by atoms with Crippen molar-refractivity contribution in [2.24, 2.45) is 13.0 Å². The average Bonchev–Trinajstić information content (AvgIpc) is 3.11. The molecule has 0 aliphatic heterocycles. The van der Waals surface area contributed by atoms with Gasteiger partial charge in [-0.15, -0.1) is 0 Å². The molecule has 0 bridgehead atoms. The lowest BCUT2D eigenvalue weighted by Crippen LogP contribution is -2.29. The third-order valence-corrected chi connectivity index (χ3v) is 5.79. The van der Waals surface area contributed by atoms with Crippen molar-refractivity contribution >= 4 is 27.6 Å². The smallest absolute Gasteiger partial charge is 0.160 e. The number of hydrogen-bond acceptors (Lipinski definition) is 5. The fraction of sp³-hybridized carbons (Fsp3) is 0.400. The second-order valence-electron chi connectivity index (χ2n) is 8.81. The minimum atomic E-state index is 0.220. The number of pyridine rings is 2. The minimum Gasteiger partial charge on any atom is -0.507 e. The lowest BCUT2D eigenvalue weighted by Gasteiger charge is -2.28. The van der Waals surface area contributed by atoms with Gasteiger partial charge in [-0.1, -0.05) is 20.8 Å². The molecule has 1 N–H and O–H groups in total. The summed E-state index contributed by atoms with van der Waals surface area (Å²) in [4.78, 5) is 11.9. The monoisotopic (exact) mass is 417 g/mol. The van der Waals surface area contributed by atoms with Crippen LogP contribution in [-0.2, 0) is 7.05 Å². The summed E-state index contributed by atoms with van der Waals surface area (Å²) in [6.07, 6.45) is 5.00. The zero-order valence-corrected chi connectivity index (χ0v) is 19.3. The van der Waals surface area contributed by atoms with Gasteiger partial charge in [0.05, 0.1) is 23.1 Å². The first kappa shape index (κ1) is 21.1. The molecule has 6 heteroatoms. The van der Waals surface area contributed by atoms with E-state index in [0.29, 0.717) is 22.8 Å². The lowest BCUT2D eigenvalue weighted by molar-refractivity contribution is 0.474. The van der Waals surface area contributed by atoms with E-state index in [1.165, 1.54) is 11.3 Å². The Kier molecular flexibility index (Phi) is 5.56. The van der Waals surface area contributed by atoms with Crippen LogP contribution in [0.15, 0.2) is 30.6 Å². The third-order valence-electron chi connectivity index (χ3n) is 5.79. The van der Waals surface area contributed by atoms with Gasteiger partial charge in [-0.2, -0.15) is 5.10 Å². The summed E-state index contributed by atoms with van der Waals surface area (Å²) in [5.41, 5.74) is 6.06. The molecule has 4 rings (SSSR count). The predicted octanol–water partition coefficient (Wildman–Crippen LogP) is 5.38. The van der Waals surface area contributed by atoms with Crippen LogP contribution in [0.25, 0.3) is 33.2 Å². The Morgan fingerprint density at radius 1 is 1.16 bits per heavy atom. The fourth-order valence-electron chi connectivity index (χ4n) is 4.32. The number of fused-ring (bicyclic) bond motifs is 2. The molecular formula is C25H31N5O. The molecule has 4 aromatic rings. The Morgan fingerprint density at radius 3 is 2.65 bits per heavy atom. The standard InChI is InChI=1S/C25H31N5O/c1-7-10-30(13-15(2)3)22-12-26-25-19(16(22)4)8-9-21(27-25)20-11-18-14-29(6)28-23(18)17(5)24(20)31/h8-9,11-12,14-15,31H,7,10,13H2,1-6H3. The molecule has 0 atom stereocenters. The molecule has 0 radical (unpaired) electrons. The Hall–Kier alpha value is -3.15. The fourth-order valence-corrected chi connectivity index (χ4v) is 4.32. The highest BCUT2D eigenvalue weighted by Gasteiger charge is 2.17.